The predicted molar refractivity (Wildman–Crippen MR) is 96.0 cm³/mol. The van der Waals surface area contributed by atoms with Gasteiger partial charge in [-0.1, -0.05) is 12.1 Å². The molecule has 0 saturated carbocycles. The van der Waals surface area contributed by atoms with E-state index in [0.717, 1.165) is 12.2 Å². The number of pyridine rings is 1. The summed E-state index contributed by atoms with van der Waals surface area (Å²) in [5.74, 6) is -0.0318. The second kappa shape index (κ2) is 8.45. The summed E-state index contributed by atoms with van der Waals surface area (Å²) in [6.45, 7) is 4.60. The number of anilines is 1. The Labute approximate surface area is 143 Å². The second-order valence-electron chi connectivity index (χ2n) is 6.10. The number of benzene rings is 1. The first-order chi connectivity index (χ1) is 11.8. The van der Waals surface area contributed by atoms with E-state index in [1.54, 1.807) is 12.4 Å². The third kappa shape index (κ3) is 4.80. The Morgan fingerprint density at radius 3 is 2.58 bits per heavy atom. The van der Waals surface area contributed by atoms with Gasteiger partial charge in [0, 0.05) is 37.6 Å². The van der Waals surface area contributed by atoms with Gasteiger partial charge in [-0.25, -0.2) is 0 Å². The quantitative estimate of drug-likeness (QED) is 0.769. The summed E-state index contributed by atoms with van der Waals surface area (Å²) in [6, 6.07) is 11.8. The molecular formula is C19H24N4O. The van der Waals surface area contributed by atoms with Crippen molar-refractivity contribution >= 4 is 11.6 Å². The summed E-state index contributed by atoms with van der Waals surface area (Å²) < 4.78 is 0. The number of hydrogen-bond acceptors (Lipinski definition) is 4. The van der Waals surface area contributed by atoms with Gasteiger partial charge < -0.3 is 10.6 Å². The minimum Gasteiger partial charge on any atom is -0.382 e. The highest BCUT2D eigenvalue weighted by Gasteiger charge is 2.12. The van der Waals surface area contributed by atoms with Crippen molar-refractivity contribution in [3.05, 3.63) is 59.9 Å². The Morgan fingerprint density at radius 1 is 1.08 bits per heavy atom. The molecule has 0 unspecified atom stereocenters. The van der Waals surface area contributed by atoms with Crippen LogP contribution in [0.15, 0.2) is 48.8 Å². The molecule has 2 heterocycles. The number of aromatic nitrogens is 1. The topological polar surface area (TPSA) is 57.3 Å². The van der Waals surface area contributed by atoms with Crippen LogP contribution in [0.2, 0.25) is 0 Å². The fourth-order valence-electron chi connectivity index (χ4n) is 2.91. The molecule has 1 amide bonds. The van der Waals surface area contributed by atoms with Gasteiger partial charge in [0.05, 0.1) is 5.69 Å². The van der Waals surface area contributed by atoms with E-state index in [0.29, 0.717) is 18.7 Å². The summed E-state index contributed by atoms with van der Waals surface area (Å²) >= 11 is 0. The van der Waals surface area contributed by atoms with Gasteiger partial charge in [0.1, 0.15) is 0 Å². The Morgan fingerprint density at radius 2 is 1.88 bits per heavy atom. The van der Waals surface area contributed by atoms with Gasteiger partial charge in [0.15, 0.2) is 0 Å². The molecule has 1 saturated heterocycles. The average Bonchev–Trinajstić information content (AvgIpc) is 3.13. The Balaban J connectivity index is 1.41. The van der Waals surface area contributed by atoms with Crippen LogP contribution in [-0.4, -0.2) is 42.0 Å². The van der Waals surface area contributed by atoms with Gasteiger partial charge >= 0.3 is 0 Å². The zero-order chi connectivity index (χ0) is 16.6. The van der Waals surface area contributed by atoms with E-state index < -0.39 is 0 Å². The molecule has 2 aromatic rings. The summed E-state index contributed by atoms with van der Waals surface area (Å²) in [5, 5.41) is 6.15. The second-order valence-corrected chi connectivity index (χ2v) is 6.10. The van der Waals surface area contributed by atoms with Crippen LogP contribution < -0.4 is 10.6 Å². The SMILES string of the molecule is O=C(NCCNc1cccnc1)c1ccc(CN2CCCC2)cc1. The lowest BCUT2D eigenvalue weighted by Gasteiger charge is -2.14. The minimum atomic E-state index is -0.0318. The summed E-state index contributed by atoms with van der Waals surface area (Å²) in [4.78, 5) is 18.6. The van der Waals surface area contributed by atoms with E-state index in [1.165, 1.54) is 31.5 Å². The van der Waals surface area contributed by atoms with E-state index in [2.05, 4.69) is 32.7 Å². The fourth-order valence-corrected chi connectivity index (χ4v) is 2.91. The summed E-state index contributed by atoms with van der Waals surface area (Å²) in [5.41, 5.74) is 2.94. The highest BCUT2D eigenvalue weighted by Crippen LogP contribution is 2.13. The Kier molecular flexibility index (Phi) is 5.80. The maximum Gasteiger partial charge on any atom is 0.251 e. The van der Waals surface area contributed by atoms with Crippen molar-refractivity contribution in [2.24, 2.45) is 0 Å². The Bertz CT molecular complexity index is 636. The van der Waals surface area contributed by atoms with Crippen molar-refractivity contribution in [1.29, 1.82) is 0 Å². The van der Waals surface area contributed by atoms with Crippen molar-refractivity contribution in [2.45, 2.75) is 19.4 Å². The van der Waals surface area contributed by atoms with Gasteiger partial charge in [-0.05, 0) is 55.8 Å². The van der Waals surface area contributed by atoms with Gasteiger partial charge in [-0.15, -0.1) is 0 Å². The molecule has 24 heavy (non-hydrogen) atoms. The molecule has 5 heteroatoms. The van der Waals surface area contributed by atoms with Gasteiger partial charge in [-0.2, -0.15) is 0 Å². The van der Waals surface area contributed by atoms with Gasteiger partial charge in [0.2, 0.25) is 0 Å². The van der Waals surface area contributed by atoms with Crippen molar-refractivity contribution in [3.63, 3.8) is 0 Å². The number of rotatable bonds is 7. The first kappa shape index (κ1) is 16.5. The third-order valence-electron chi connectivity index (χ3n) is 4.22. The van der Waals surface area contributed by atoms with Crippen LogP contribution in [-0.2, 0) is 6.54 Å². The highest BCUT2D eigenvalue weighted by molar-refractivity contribution is 5.94. The third-order valence-corrected chi connectivity index (χ3v) is 4.22. The maximum atomic E-state index is 12.2. The molecule has 1 aromatic carbocycles. The lowest BCUT2D eigenvalue weighted by atomic mass is 10.1. The highest BCUT2D eigenvalue weighted by atomic mass is 16.1. The van der Waals surface area contributed by atoms with Crippen LogP contribution in [0.5, 0.6) is 0 Å². The van der Waals surface area contributed by atoms with Crippen LogP contribution in [0.3, 0.4) is 0 Å². The van der Waals surface area contributed by atoms with Crippen molar-refractivity contribution in [2.75, 3.05) is 31.5 Å². The number of amides is 1. The number of likely N-dealkylation sites (tertiary alicyclic amines) is 1. The minimum absolute atomic E-state index is 0.0318. The summed E-state index contributed by atoms with van der Waals surface area (Å²) in [7, 11) is 0. The van der Waals surface area contributed by atoms with Gasteiger partial charge in [-0.3, -0.25) is 14.7 Å². The maximum absolute atomic E-state index is 12.2. The molecule has 1 aromatic heterocycles. The number of carbonyl (C=O) groups is 1. The smallest absolute Gasteiger partial charge is 0.251 e. The zero-order valence-corrected chi connectivity index (χ0v) is 13.9. The molecule has 1 aliphatic rings. The van der Waals surface area contributed by atoms with Crippen LogP contribution in [0.4, 0.5) is 5.69 Å². The Hall–Kier alpha value is -2.40. The molecule has 2 N–H and O–H groups in total. The van der Waals surface area contributed by atoms with Crippen molar-refractivity contribution in [1.82, 2.24) is 15.2 Å². The number of hydrogen-bond donors (Lipinski definition) is 2. The predicted octanol–water partition coefficient (Wildman–Crippen LogP) is 2.52. The molecule has 0 atom stereocenters. The molecular weight excluding hydrogens is 300 g/mol. The van der Waals surface area contributed by atoms with E-state index >= 15 is 0 Å². The molecule has 1 aliphatic heterocycles. The monoisotopic (exact) mass is 324 g/mol. The van der Waals surface area contributed by atoms with E-state index in [-0.39, 0.29) is 5.91 Å². The van der Waals surface area contributed by atoms with Crippen LogP contribution in [0.1, 0.15) is 28.8 Å². The molecule has 5 nitrogen and oxygen atoms in total. The molecule has 0 aliphatic carbocycles. The van der Waals surface area contributed by atoms with Crippen LogP contribution >= 0.6 is 0 Å². The lowest BCUT2D eigenvalue weighted by molar-refractivity contribution is 0.0955. The largest absolute Gasteiger partial charge is 0.382 e. The molecule has 126 valence electrons. The van der Waals surface area contributed by atoms with Gasteiger partial charge in [0.25, 0.3) is 5.91 Å². The van der Waals surface area contributed by atoms with E-state index in [4.69, 9.17) is 0 Å². The number of nitrogens with one attached hydrogen (secondary N) is 2. The van der Waals surface area contributed by atoms with E-state index in [1.807, 2.05) is 24.3 Å². The first-order valence-electron chi connectivity index (χ1n) is 8.55. The van der Waals surface area contributed by atoms with Crippen LogP contribution in [0.25, 0.3) is 0 Å². The normalized spacial score (nSPS) is 14.5. The molecule has 1 fully saturated rings. The molecule has 3 rings (SSSR count). The van der Waals surface area contributed by atoms with E-state index in [9.17, 15) is 4.79 Å². The lowest BCUT2D eigenvalue weighted by Crippen LogP contribution is -2.28. The number of carbonyl (C=O) groups excluding carboxylic acids is 1. The average molecular weight is 324 g/mol. The van der Waals surface area contributed by atoms with Crippen molar-refractivity contribution in [3.8, 4) is 0 Å². The zero-order valence-electron chi connectivity index (χ0n) is 13.9. The number of nitrogens with zero attached hydrogens (tertiary/aromatic N) is 2. The van der Waals surface area contributed by atoms with Crippen molar-refractivity contribution < 1.29 is 4.79 Å². The first-order valence-corrected chi connectivity index (χ1v) is 8.55. The van der Waals surface area contributed by atoms with Crippen LogP contribution in [0, 0.1) is 0 Å². The molecule has 0 spiro atoms. The fraction of sp³-hybridized carbons (Fsp3) is 0.368. The standard InChI is InChI=1S/C19H24N4O/c24-19(22-11-10-21-18-4-3-9-20-14-18)17-7-5-16(6-8-17)15-23-12-1-2-13-23/h3-9,14,21H,1-2,10-13,15H2,(H,22,24). The summed E-state index contributed by atoms with van der Waals surface area (Å²) in [6.07, 6.45) is 6.10. The molecule has 0 radical (unpaired) electrons. The molecule has 0 bridgehead atoms.